The zero-order valence-electron chi connectivity index (χ0n) is 17.9. The first kappa shape index (κ1) is 23.2. The molecular weight excluding hydrogens is 404 g/mol. The Morgan fingerprint density at radius 2 is 1.88 bits per heavy atom. The van der Waals surface area contributed by atoms with Gasteiger partial charge in [0.05, 0.1) is 5.52 Å². The van der Waals surface area contributed by atoms with Crippen molar-refractivity contribution in [2.75, 3.05) is 30.9 Å². The molecule has 1 fully saturated rings. The number of rotatable bonds is 6. The summed E-state index contributed by atoms with van der Waals surface area (Å²) in [4.78, 5) is 38.2. The first-order valence-corrected chi connectivity index (χ1v) is 10.7. The molecule has 1 aliphatic rings. The minimum Gasteiger partial charge on any atom is -0.367 e. The van der Waals surface area contributed by atoms with E-state index in [1.165, 1.54) is 18.5 Å². The lowest BCUT2D eigenvalue weighted by molar-refractivity contribution is 0.0942. The number of amides is 1. The van der Waals surface area contributed by atoms with Gasteiger partial charge in [-0.15, -0.1) is 0 Å². The second-order valence-electron chi connectivity index (χ2n) is 8.28. The molecule has 2 heterocycles. The molecule has 8 nitrogen and oxygen atoms in total. The number of hydrogen-bond acceptors (Lipinski definition) is 6. The smallest absolute Gasteiger partial charge is 0.256 e. The minimum absolute atomic E-state index is 0. The minimum atomic E-state index is -0.317. The second-order valence-corrected chi connectivity index (χ2v) is 8.28. The number of aromatic nitrogens is 3. The molecule has 1 aromatic carbocycles. The summed E-state index contributed by atoms with van der Waals surface area (Å²) in [6.45, 7) is 0.580. The summed E-state index contributed by atoms with van der Waals surface area (Å²) in [5.74, 6) is 1.64. The van der Waals surface area contributed by atoms with Crippen LogP contribution in [-0.4, -0.2) is 47.5 Å². The number of carbonyl (C=O) groups excluding carboxylic acids is 1. The van der Waals surface area contributed by atoms with E-state index in [2.05, 4.69) is 15.6 Å². The van der Waals surface area contributed by atoms with E-state index in [9.17, 15) is 9.59 Å². The number of pyridine rings is 1. The van der Waals surface area contributed by atoms with Crippen molar-refractivity contribution in [2.24, 2.45) is 5.92 Å². The van der Waals surface area contributed by atoms with Crippen LogP contribution in [0.25, 0.3) is 10.9 Å². The van der Waals surface area contributed by atoms with Crippen molar-refractivity contribution in [3.05, 3.63) is 58.5 Å². The molecule has 1 aliphatic carbocycles. The molecule has 0 atom stereocenters. The number of nitrogens with one attached hydrogen (secondary N) is 3. The fourth-order valence-electron chi connectivity index (χ4n) is 4.08. The van der Waals surface area contributed by atoms with Crippen LogP contribution in [0.4, 0.5) is 11.8 Å². The highest BCUT2D eigenvalue weighted by molar-refractivity contribution is 5.93. The zero-order chi connectivity index (χ0) is 21.8. The van der Waals surface area contributed by atoms with Gasteiger partial charge in [-0.1, -0.05) is 19.6 Å². The second kappa shape index (κ2) is 10.3. The normalized spacial score (nSPS) is 17.9. The van der Waals surface area contributed by atoms with Crippen LogP contribution in [0.5, 0.6) is 0 Å². The van der Waals surface area contributed by atoms with Crippen molar-refractivity contribution in [3.63, 3.8) is 0 Å². The van der Waals surface area contributed by atoms with Crippen molar-refractivity contribution in [1.29, 1.82) is 0 Å². The van der Waals surface area contributed by atoms with Gasteiger partial charge in [-0.2, -0.15) is 4.98 Å². The van der Waals surface area contributed by atoms with Crippen molar-refractivity contribution >= 4 is 28.6 Å². The molecule has 0 saturated heterocycles. The highest BCUT2D eigenvalue weighted by Gasteiger charge is 2.23. The van der Waals surface area contributed by atoms with Gasteiger partial charge in [-0.25, -0.2) is 4.98 Å². The number of benzene rings is 1. The molecule has 2 aromatic heterocycles. The van der Waals surface area contributed by atoms with Crippen LogP contribution in [0.15, 0.2) is 47.5 Å². The number of carbonyl (C=O) groups is 1. The summed E-state index contributed by atoms with van der Waals surface area (Å²) in [5.41, 5.74) is 0.815. The molecule has 0 spiro atoms. The number of aromatic amines is 1. The molecule has 0 radical (unpaired) electrons. The third kappa shape index (κ3) is 5.25. The zero-order valence-corrected chi connectivity index (χ0v) is 17.9. The number of H-pyrrole nitrogens is 1. The van der Waals surface area contributed by atoms with Gasteiger partial charge in [0.2, 0.25) is 5.95 Å². The first-order valence-electron chi connectivity index (χ1n) is 10.7. The van der Waals surface area contributed by atoms with E-state index in [0.29, 0.717) is 24.5 Å². The molecule has 3 N–H and O–H groups in total. The van der Waals surface area contributed by atoms with Crippen molar-refractivity contribution < 1.29 is 4.79 Å². The predicted octanol–water partition coefficient (Wildman–Crippen LogP) is 3.42. The predicted molar refractivity (Wildman–Crippen MR) is 129 cm³/mol. The number of hydrogen-bond donors (Lipinski definition) is 3. The van der Waals surface area contributed by atoms with Gasteiger partial charge in [-0.05, 0) is 43.7 Å². The average molecular weight is 437 g/mol. The maximum Gasteiger partial charge on any atom is 0.256 e. The van der Waals surface area contributed by atoms with Crippen molar-refractivity contribution in [1.82, 2.24) is 20.3 Å². The Balaban J connectivity index is 0.00000289. The Kier molecular flexibility index (Phi) is 7.45. The lowest BCUT2D eigenvalue weighted by atomic mass is 9.86. The van der Waals surface area contributed by atoms with Crippen LogP contribution in [-0.2, 0) is 0 Å². The van der Waals surface area contributed by atoms with Crippen LogP contribution in [0.3, 0.4) is 0 Å². The van der Waals surface area contributed by atoms with E-state index < -0.39 is 0 Å². The molecule has 4 rings (SSSR count). The molecule has 8 heteroatoms. The first-order chi connectivity index (χ1) is 15.0. The van der Waals surface area contributed by atoms with Crippen LogP contribution >= 0.6 is 0 Å². The molecule has 3 aromatic rings. The van der Waals surface area contributed by atoms with E-state index in [1.807, 2.05) is 43.3 Å². The maximum absolute atomic E-state index is 12.2. The Labute approximate surface area is 188 Å². The quantitative estimate of drug-likeness (QED) is 0.547. The van der Waals surface area contributed by atoms with E-state index in [4.69, 9.17) is 9.97 Å². The fourth-order valence-corrected chi connectivity index (χ4v) is 4.08. The fraction of sp³-hybridized carbons (Fsp3) is 0.417. The van der Waals surface area contributed by atoms with Gasteiger partial charge in [-0.3, -0.25) is 9.59 Å². The number of anilines is 2. The highest BCUT2D eigenvalue weighted by atomic mass is 16.2. The molecule has 0 unspecified atom stereocenters. The summed E-state index contributed by atoms with van der Waals surface area (Å²) in [6, 6.07) is 9.70. The third-order valence-electron chi connectivity index (χ3n) is 5.81. The van der Waals surface area contributed by atoms with Crippen LogP contribution < -0.4 is 21.0 Å². The van der Waals surface area contributed by atoms with Gasteiger partial charge >= 0.3 is 0 Å². The third-order valence-corrected chi connectivity index (χ3v) is 5.81. The molecule has 32 heavy (non-hydrogen) atoms. The Hall–Kier alpha value is -3.42. The summed E-state index contributed by atoms with van der Waals surface area (Å²) in [7, 11) is 3.97. The van der Waals surface area contributed by atoms with E-state index in [0.717, 1.165) is 42.4 Å². The lowest BCUT2D eigenvalue weighted by Crippen LogP contribution is -2.35. The number of fused-ring (bicyclic) bond motifs is 1. The largest absolute Gasteiger partial charge is 0.367 e. The number of nitrogens with zero attached hydrogens (tertiary/aromatic N) is 3. The highest BCUT2D eigenvalue weighted by Crippen LogP contribution is 2.28. The van der Waals surface area contributed by atoms with Gasteiger partial charge in [0.25, 0.3) is 5.91 Å². The van der Waals surface area contributed by atoms with Crippen LogP contribution in [0, 0.1) is 5.92 Å². The maximum atomic E-state index is 12.2. The van der Waals surface area contributed by atoms with Gasteiger partial charge < -0.3 is 20.5 Å². The molecule has 1 saturated carbocycles. The summed E-state index contributed by atoms with van der Waals surface area (Å²) in [5, 5.41) is 7.45. The Morgan fingerprint density at radius 3 is 2.59 bits per heavy atom. The topological polar surface area (TPSA) is 103 Å². The SMILES string of the molecule is C.CN(C)c1nc(NC2CCC(CNC(=O)c3c[nH]ccc3=O)CC2)nc2ccccc12. The average Bonchev–Trinajstić information content (AvgIpc) is 2.78. The van der Waals surface area contributed by atoms with E-state index >= 15 is 0 Å². The van der Waals surface area contributed by atoms with Gasteiger partial charge in [0, 0.05) is 50.5 Å². The standard InChI is InChI=1S/C23H28N6O2.CH4/c1-29(2)21-17-5-3-4-6-19(17)27-23(28-21)26-16-9-7-15(8-10-16)13-25-22(31)18-14-24-12-11-20(18)30;/h3-6,11-12,14-16H,7-10,13H2,1-2H3,(H,24,30)(H,25,31)(H,26,27,28);1H4. The molecule has 0 bridgehead atoms. The van der Waals surface area contributed by atoms with Crippen molar-refractivity contribution in [3.8, 4) is 0 Å². The van der Waals surface area contributed by atoms with Crippen molar-refractivity contribution in [2.45, 2.75) is 39.2 Å². The van der Waals surface area contributed by atoms with E-state index in [-0.39, 0.29) is 24.3 Å². The lowest BCUT2D eigenvalue weighted by Gasteiger charge is -2.29. The Morgan fingerprint density at radius 1 is 1.12 bits per heavy atom. The summed E-state index contributed by atoms with van der Waals surface area (Å²) in [6.07, 6.45) is 6.94. The molecule has 1 amide bonds. The van der Waals surface area contributed by atoms with E-state index in [1.54, 1.807) is 0 Å². The molecular formula is C24H32N6O2. The van der Waals surface area contributed by atoms with Crippen LogP contribution in [0.1, 0.15) is 43.5 Å². The van der Waals surface area contributed by atoms with Gasteiger partial charge in [0.1, 0.15) is 11.4 Å². The van der Waals surface area contributed by atoms with Gasteiger partial charge in [0.15, 0.2) is 5.43 Å². The molecule has 170 valence electrons. The monoisotopic (exact) mass is 436 g/mol. The van der Waals surface area contributed by atoms with Crippen LogP contribution in [0.2, 0.25) is 0 Å². The number of para-hydroxylation sites is 1. The molecule has 0 aliphatic heterocycles. The Bertz CT molecular complexity index is 1120. The summed E-state index contributed by atoms with van der Waals surface area (Å²) < 4.78 is 0. The summed E-state index contributed by atoms with van der Waals surface area (Å²) >= 11 is 0.